The number of hydrogen-bond acceptors (Lipinski definition) is 5. The third-order valence-corrected chi connectivity index (χ3v) is 6.01. The van der Waals surface area contributed by atoms with E-state index in [1.165, 1.54) is 0 Å². The van der Waals surface area contributed by atoms with Crippen LogP contribution in [0.2, 0.25) is 0 Å². The Hall–Kier alpha value is -4.28. The van der Waals surface area contributed by atoms with Crippen molar-refractivity contribution in [3.63, 3.8) is 0 Å². The maximum absolute atomic E-state index is 13.4. The van der Waals surface area contributed by atoms with E-state index in [4.69, 9.17) is 5.26 Å². The SMILES string of the molecule is Cc1cc(NC(=O)[C@@H](NCC(C)c2ccc(C#N)cc2)c2ccccc2)ncc1-c1cnn(C)c1. The number of amides is 1. The molecule has 4 aromatic rings. The maximum atomic E-state index is 13.4. The van der Waals surface area contributed by atoms with E-state index < -0.39 is 6.04 Å². The minimum Gasteiger partial charge on any atom is -0.309 e. The highest BCUT2D eigenvalue weighted by Gasteiger charge is 2.22. The Morgan fingerprint density at radius 1 is 1.09 bits per heavy atom. The van der Waals surface area contributed by atoms with Gasteiger partial charge >= 0.3 is 0 Å². The summed E-state index contributed by atoms with van der Waals surface area (Å²) in [6.45, 7) is 4.67. The van der Waals surface area contributed by atoms with E-state index in [1.807, 2.05) is 80.8 Å². The summed E-state index contributed by atoms with van der Waals surface area (Å²) in [6, 6.07) is 20.7. The van der Waals surface area contributed by atoms with Gasteiger partial charge in [0.1, 0.15) is 11.9 Å². The van der Waals surface area contributed by atoms with Crippen LogP contribution in [0.25, 0.3) is 11.1 Å². The molecule has 0 radical (unpaired) electrons. The van der Waals surface area contributed by atoms with E-state index in [0.29, 0.717) is 17.9 Å². The monoisotopic (exact) mass is 464 g/mol. The zero-order valence-electron chi connectivity index (χ0n) is 20.1. The van der Waals surface area contributed by atoms with Crippen molar-refractivity contribution < 1.29 is 4.79 Å². The second-order valence-electron chi connectivity index (χ2n) is 8.66. The number of nitrogens with one attached hydrogen (secondary N) is 2. The fraction of sp³-hybridized carbons (Fsp3) is 0.214. The average molecular weight is 465 g/mol. The lowest BCUT2D eigenvalue weighted by Gasteiger charge is -2.21. The zero-order chi connectivity index (χ0) is 24.8. The van der Waals surface area contributed by atoms with Crippen molar-refractivity contribution in [2.45, 2.75) is 25.8 Å². The first kappa shape index (κ1) is 23.9. The van der Waals surface area contributed by atoms with Gasteiger partial charge in [-0.3, -0.25) is 9.48 Å². The van der Waals surface area contributed by atoms with E-state index in [1.54, 1.807) is 17.1 Å². The van der Waals surface area contributed by atoms with Crippen LogP contribution in [-0.2, 0) is 11.8 Å². The Morgan fingerprint density at radius 3 is 2.46 bits per heavy atom. The van der Waals surface area contributed by atoms with Gasteiger partial charge in [-0.2, -0.15) is 10.4 Å². The molecule has 176 valence electrons. The van der Waals surface area contributed by atoms with E-state index in [0.717, 1.165) is 27.8 Å². The number of hydrogen-bond donors (Lipinski definition) is 2. The van der Waals surface area contributed by atoms with Crippen molar-refractivity contribution >= 4 is 11.7 Å². The molecule has 7 heteroatoms. The van der Waals surface area contributed by atoms with Crippen molar-refractivity contribution in [1.82, 2.24) is 20.1 Å². The van der Waals surface area contributed by atoms with Crippen LogP contribution in [0.5, 0.6) is 0 Å². The topological polar surface area (TPSA) is 95.6 Å². The molecule has 0 saturated heterocycles. The molecule has 0 aliphatic heterocycles. The quantitative estimate of drug-likeness (QED) is 0.393. The molecule has 35 heavy (non-hydrogen) atoms. The molecule has 1 amide bonds. The second kappa shape index (κ2) is 10.8. The molecular formula is C28H28N6O. The molecule has 0 saturated carbocycles. The van der Waals surface area contributed by atoms with Crippen LogP contribution in [0.4, 0.5) is 5.82 Å². The van der Waals surface area contributed by atoms with E-state index in [9.17, 15) is 4.79 Å². The number of carbonyl (C=O) groups excluding carboxylic acids is 1. The Morgan fingerprint density at radius 2 is 1.83 bits per heavy atom. The molecule has 2 aromatic carbocycles. The van der Waals surface area contributed by atoms with Crippen LogP contribution in [0.15, 0.2) is 79.3 Å². The highest BCUT2D eigenvalue weighted by atomic mass is 16.2. The second-order valence-corrected chi connectivity index (χ2v) is 8.66. The predicted octanol–water partition coefficient (Wildman–Crippen LogP) is 4.74. The van der Waals surface area contributed by atoms with Crippen LogP contribution in [0.3, 0.4) is 0 Å². The van der Waals surface area contributed by atoms with E-state index in [2.05, 4.69) is 33.7 Å². The molecule has 2 atom stereocenters. The van der Waals surface area contributed by atoms with Crippen LogP contribution < -0.4 is 10.6 Å². The summed E-state index contributed by atoms with van der Waals surface area (Å²) < 4.78 is 1.75. The van der Waals surface area contributed by atoms with Crippen molar-refractivity contribution in [2.75, 3.05) is 11.9 Å². The maximum Gasteiger partial charge on any atom is 0.247 e. The Bertz CT molecular complexity index is 1340. The standard InChI is InChI=1S/C28H28N6O/c1-19-13-26(30-17-25(19)24-16-32-34(3)18-24)33-28(35)27(23-7-5-4-6-8-23)31-15-20(2)22-11-9-21(14-29)10-12-22/h4-13,16-18,20,27,31H,15H2,1-3H3,(H,30,33,35)/t20?,27-/m0/s1. The van der Waals surface area contributed by atoms with Gasteiger partial charge < -0.3 is 10.6 Å². The van der Waals surface area contributed by atoms with Gasteiger partial charge in [-0.05, 0) is 47.7 Å². The summed E-state index contributed by atoms with van der Waals surface area (Å²) in [5.74, 6) is 0.480. The molecule has 0 aliphatic rings. The summed E-state index contributed by atoms with van der Waals surface area (Å²) in [5.41, 5.74) is 5.57. The molecular weight excluding hydrogens is 436 g/mol. The van der Waals surface area contributed by atoms with E-state index in [-0.39, 0.29) is 11.8 Å². The van der Waals surface area contributed by atoms with Crippen LogP contribution in [-0.4, -0.2) is 27.2 Å². The number of carbonyl (C=O) groups is 1. The normalized spacial score (nSPS) is 12.5. The summed E-state index contributed by atoms with van der Waals surface area (Å²) in [4.78, 5) is 17.8. The number of pyridine rings is 1. The molecule has 0 bridgehead atoms. The third kappa shape index (κ3) is 5.81. The highest BCUT2D eigenvalue weighted by molar-refractivity contribution is 5.95. The summed E-state index contributed by atoms with van der Waals surface area (Å²) in [6.07, 6.45) is 5.50. The molecule has 4 rings (SSSR count). The zero-order valence-corrected chi connectivity index (χ0v) is 20.1. The Kier molecular flexibility index (Phi) is 7.34. The number of nitrogens with zero attached hydrogens (tertiary/aromatic N) is 4. The number of benzene rings is 2. The molecule has 0 spiro atoms. The average Bonchev–Trinajstić information content (AvgIpc) is 3.30. The van der Waals surface area contributed by atoms with Gasteiger partial charge in [0.15, 0.2) is 0 Å². The molecule has 1 unspecified atom stereocenters. The van der Waals surface area contributed by atoms with Gasteiger partial charge in [0.25, 0.3) is 0 Å². The van der Waals surface area contributed by atoms with Crippen LogP contribution in [0, 0.1) is 18.3 Å². The molecule has 2 heterocycles. The lowest BCUT2D eigenvalue weighted by molar-refractivity contribution is -0.118. The van der Waals surface area contributed by atoms with Gasteiger partial charge in [-0.15, -0.1) is 0 Å². The number of aryl methyl sites for hydroxylation is 2. The first-order valence-electron chi connectivity index (χ1n) is 11.5. The van der Waals surface area contributed by atoms with Gasteiger partial charge in [0.05, 0.1) is 17.8 Å². The summed E-state index contributed by atoms with van der Waals surface area (Å²) >= 11 is 0. The lowest BCUT2D eigenvalue weighted by atomic mass is 9.98. The predicted molar refractivity (Wildman–Crippen MR) is 137 cm³/mol. The van der Waals surface area contributed by atoms with Gasteiger partial charge in [0, 0.05) is 37.1 Å². The fourth-order valence-corrected chi connectivity index (χ4v) is 3.99. The molecule has 7 nitrogen and oxygen atoms in total. The van der Waals surface area contributed by atoms with Gasteiger partial charge in [0.2, 0.25) is 5.91 Å². The van der Waals surface area contributed by atoms with Gasteiger partial charge in [-0.1, -0.05) is 49.4 Å². The fourth-order valence-electron chi connectivity index (χ4n) is 3.99. The Balaban J connectivity index is 1.49. The highest BCUT2D eigenvalue weighted by Crippen LogP contribution is 2.25. The first-order chi connectivity index (χ1) is 16.9. The van der Waals surface area contributed by atoms with Crippen molar-refractivity contribution in [3.05, 3.63) is 102 Å². The van der Waals surface area contributed by atoms with Gasteiger partial charge in [-0.25, -0.2) is 4.98 Å². The number of anilines is 1. The summed E-state index contributed by atoms with van der Waals surface area (Å²) in [5, 5.41) is 19.6. The third-order valence-electron chi connectivity index (χ3n) is 6.01. The molecule has 2 N–H and O–H groups in total. The van der Waals surface area contributed by atoms with Crippen molar-refractivity contribution in [1.29, 1.82) is 5.26 Å². The minimum atomic E-state index is -0.544. The number of aromatic nitrogens is 3. The van der Waals surface area contributed by atoms with Crippen LogP contribution in [0.1, 0.15) is 41.1 Å². The van der Waals surface area contributed by atoms with E-state index >= 15 is 0 Å². The minimum absolute atomic E-state index is 0.154. The largest absolute Gasteiger partial charge is 0.309 e. The molecule has 0 fully saturated rings. The number of rotatable bonds is 8. The number of nitriles is 1. The smallest absolute Gasteiger partial charge is 0.247 e. The first-order valence-corrected chi connectivity index (χ1v) is 11.5. The van der Waals surface area contributed by atoms with Crippen molar-refractivity contribution in [2.24, 2.45) is 7.05 Å². The molecule has 2 aromatic heterocycles. The Labute approximate surface area is 205 Å². The van der Waals surface area contributed by atoms with Crippen molar-refractivity contribution in [3.8, 4) is 17.2 Å². The van der Waals surface area contributed by atoms with Crippen LogP contribution >= 0.6 is 0 Å². The summed E-state index contributed by atoms with van der Waals surface area (Å²) in [7, 11) is 1.87. The lowest BCUT2D eigenvalue weighted by Crippen LogP contribution is -2.35. The molecule has 0 aliphatic carbocycles.